The highest BCUT2D eigenvalue weighted by atomic mass is 35.5. The van der Waals surface area contributed by atoms with Gasteiger partial charge in [-0.15, -0.1) is 0 Å². The Morgan fingerprint density at radius 1 is 1.59 bits per heavy atom. The summed E-state index contributed by atoms with van der Waals surface area (Å²) in [6, 6.07) is 5.62. The molecule has 0 bridgehead atoms. The first-order valence-corrected chi connectivity index (χ1v) is 6.38. The Bertz CT molecular complexity index is 439. The number of thiocarbonyl (C=S) groups is 1. The van der Waals surface area contributed by atoms with E-state index in [1.165, 1.54) is 0 Å². The summed E-state index contributed by atoms with van der Waals surface area (Å²) in [6.07, 6.45) is 1.28. The van der Waals surface area contributed by atoms with Gasteiger partial charge in [-0.3, -0.25) is 0 Å². The molecule has 17 heavy (non-hydrogen) atoms. The molecule has 1 atom stereocenters. The molecule has 0 saturated carbocycles. The zero-order chi connectivity index (χ0) is 12.4. The number of likely N-dealkylation sites (tertiary alicyclic amines) is 1. The van der Waals surface area contributed by atoms with E-state index in [9.17, 15) is 5.11 Å². The smallest absolute Gasteiger partial charge is 0.175 e. The van der Waals surface area contributed by atoms with Crippen molar-refractivity contribution in [2.45, 2.75) is 26.0 Å². The van der Waals surface area contributed by atoms with Crippen molar-refractivity contribution in [1.29, 1.82) is 0 Å². The molecule has 1 fully saturated rings. The summed E-state index contributed by atoms with van der Waals surface area (Å²) in [5.74, 6) is 0. The van der Waals surface area contributed by atoms with Crippen molar-refractivity contribution < 1.29 is 5.11 Å². The highest BCUT2D eigenvalue weighted by molar-refractivity contribution is 7.80. The molecule has 2 N–H and O–H groups in total. The van der Waals surface area contributed by atoms with Gasteiger partial charge >= 0.3 is 0 Å². The quantitative estimate of drug-likeness (QED) is 0.770. The molecule has 0 aromatic heterocycles. The van der Waals surface area contributed by atoms with E-state index in [-0.39, 0.29) is 0 Å². The predicted molar refractivity (Wildman–Crippen MR) is 74.4 cm³/mol. The molecular weight excluding hydrogens is 256 g/mol. The van der Waals surface area contributed by atoms with Gasteiger partial charge in [0.05, 0.1) is 0 Å². The van der Waals surface area contributed by atoms with Gasteiger partial charge in [0, 0.05) is 17.3 Å². The molecule has 0 spiro atoms. The molecule has 5 heteroatoms. The Labute approximate surface area is 111 Å². The second kappa shape index (κ2) is 5.21. The maximum absolute atomic E-state index is 9.73. The third kappa shape index (κ3) is 2.89. The van der Waals surface area contributed by atoms with E-state index in [2.05, 4.69) is 5.32 Å². The minimum atomic E-state index is -0.463. The average molecular weight is 271 g/mol. The molecule has 1 heterocycles. The first-order chi connectivity index (χ1) is 8.08. The van der Waals surface area contributed by atoms with Gasteiger partial charge in [0.1, 0.15) is 6.23 Å². The summed E-state index contributed by atoms with van der Waals surface area (Å²) in [5.41, 5.74) is 1.96. The maximum Gasteiger partial charge on any atom is 0.175 e. The van der Waals surface area contributed by atoms with Gasteiger partial charge < -0.3 is 15.3 Å². The number of anilines is 1. The lowest BCUT2D eigenvalue weighted by atomic mass is 10.2. The number of hydrogen-bond donors (Lipinski definition) is 2. The number of aryl methyl sites for hydroxylation is 1. The summed E-state index contributed by atoms with van der Waals surface area (Å²) in [5, 5.41) is 14.1. The van der Waals surface area contributed by atoms with Crippen LogP contribution in [0.25, 0.3) is 0 Å². The van der Waals surface area contributed by atoms with Crippen molar-refractivity contribution in [2.24, 2.45) is 0 Å². The molecule has 0 amide bonds. The fraction of sp³-hybridized carbons (Fsp3) is 0.417. The second-order valence-corrected chi connectivity index (χ2v) is 5.03. The van der Waals surface area contributed by atoms with Crippen molar-refractivity contribution in [2.75, 3.05) is 11.9 Å². The van der Waals surface area contributed by atoms with Crippen LogP contribution in [0.4, 0.5) is 5.69 Å². The van der Waals surface area contributed by atoms with E-state index < -0.39 is 6.23 Å². The van der Waals surface area contributed by atoms with Crippen LogP contribution >= 0.6 is 23.8 Å². The van der Waals surface area contributed by atoms with Gasteiger partial charge in [-0.05, 0) is 49.7 Å². The lowest BCUT2D eigenvalue weighted by Gasteiger charge is -2.24. The Morgan fingerprint density at radius 2 is 2.35 bits per heavy atom. The number of benzene rings is 1. The second-order valence-electron chi connectivity index (χ2n) is 4.21. The molecule has 0 radical (unpaired) electrons. The van der Waals surface area contributed by atoms with Crippen molar-refractivity contribution >= 4 is 34.6 Å². The van der Waals surface area contributed by atoms with E-state index in [4.69, 9.17) is 23.8 Å². The molecule has 0 unspecified atom stereocenters. The molecule has 0 aliphatic carbocycles. The highest BCUT2D eigenvalue weighted by Crippen LogP contribution is 2.22. The van der Waals surface area contributed by atoms with Crippen LogP contribution in [-0.4, -0.2) is 27.9 Å². The Kier molecular flexibility index (Phi) is 3.86. The van der Waals surface area contributed by atoms with Crippen LogP contribution in [0.15, 0.2) is 18.2 Å². The molecule has 1 aromatic rings. The number of hydrogen-bond acceptors (Lipinski definition) is 2. The van der Waals surface area contributed by atoms with E-state index >= 15 is 0 Å². The van der Waals surface area contributed by atoms with Crippen molar-refractivity contribution in [3.05, 3.63) is 28.8 Å². The van der Waals surface area contributed by atoms with Crippen molar-refractivity contribution in [1.82, 2.24) is 4.90 Å². The SMILES string of the molecule is Cc1ccc(Cl)cc1NC(=S)N1CCC[C@H]1O. The lowest BCUT2D eigenvalue weighted by Crippen LogP contribution is -2.38. The Morgan fingerprint density at radius 3 is 3.00 bits per heavy atom. The molecule has 1 aliphatic rings. The number of nitrogens with zero attached hydrogens (tertiary/aromatic N) is 1. The summed E-state index contributed by atoms with van der Waals surface area (Å²) in [4.78, 5) is 1.80. The number of halogens is 1. The summed E-state index contributed by atoms with van der Waals surface area (Å²) < 4.78 is 0. The fourth-order valence-electron chi connectivity index (χ4n) is 1.90. The topological polar surface area (TPSA) is 35.5 Å². The van der Waals surface area contributed by atoms with Gasteiger partial charge in [-0.25, -0.2) is 0 Å². The molecular formula is C12H15ClN2OS. The normalized spacial score (nSPS) is 19.5. The fourth-order valence-corrected chi connectivity index (χ4v) is 2.40. The van der Waals surface area contributed by atoms with Crippen LogP contribution in [0.5, 0.6) is 0 Å². The third-order valence-electron chi connectivity index (χ3n) is 2.92. The summed E-state index contributed by atoms with van der Waals surface area (Å²) >= 11 is 11.2. The van der Waals surface area contributed by atoms with Crippen LogP contribution < -0.4 is 5.32 Å². The van der Waals surface area contributed by atoms with Gasteiger partial charge in [-0.1, -0.05) is 17.7 Å². The third-order valence-corrected chi connectivity index (χ3v) is 3.49. The minimum Gasteiger partial charge on any atom is -0.374 e. The molecule has 3 nitrogen and oxygen atoms in total. The number of aliphatic hydroxyl groups excluding tert-OH is 1. The Hall–Kier alpha value is -0.840. The van der Waals surface area contributed by atoms with E-state index in [0.717, 1.165) is 30.6 Å². The summed E-state index contributed by atoms with van der Waals surface area (Å²) in [7, 11) is 0. The van der Waals surface area contributed by atoms with Crippen LogP contribution in [0.3, 0.4) is 0 Å². The van der Waals surface area contributed by atoms with Gasteiger partial charge in [0.15, 0.2) is 5.11 Å². The Balaban J connectivity index is 2.10. The minimum absolute atomic E-state index is 0.463. The van der Waals surface area contributed by atoms with Crippen molar-refractivity contribution in [3.63, 3.8) is 0 Å². The lowest BCUT2D eigenvalue weighted by molar-refractivity contribution is 0.0881. The molecule has 2 rings (SSSR count). The maximum atomic E-state index is 9.73. The van der Waals surface area contributed by atoms with Crippen LogP contribution in [0.1, 0.15) is 18.4 Å². The van der Waals surface area contributed by atoms with Crippen LogP contribution in [-0.2, 0) is 0 Å². The largest absolute Gasteiger partial charge is 0.374 e. The first-order valence-electron chi connectivity index (χ1n) is 5.60. The molecule has 1 aliphatic heterocycles. The van der Waals surface area contributed by atoms with Gasteiger partial charge in [0.25, 0.3) is 0 Å². The van der Waals surface area contributed by atoms with E-state index in [0.29, 0.717) is 10.1 Å². The first kappa shape index (κ1) is 12.6. The van der Waals surface area contributed by atoms with E-state index in [1.807, 2.05) is 25.1 Å². The van der Waals surface area contributed by atoms with Crippen LogP contribution in [0.2, 0.25) is 5.02 Å². The van der Waals surface area contributed by atoms with E-state index in [1.54, 1.807) is 4.90 Å². The number of nitrogens with one attached hydrogen (secondary N) is 1. The predicted octanol–water partition coefficient (Wildman–Crippen LogP) is 2.76. The average Bonchev–Trinajstić information content (AvgIpc) is 2.70. The standard InChI is InChI=1S/C12H15ClN2OS/c1-8-4-5-9(13)7-10(8)14-12(17)15-6-2-3-11(15)16/h4-5,7,11,16H,2-3,6H2,1H3,(H,14,17)/t11-/m1/s1. The van der Waals surface area contributed by atoms with Crippen molar-refractivity contribution in [3.8, 4) is 0 Å². The monoisotopic (exact) mass is 270 g/mol. The van der Waals surface area contributed by atoms with Gasteiger partial charge in [-0.2, -0.15) is 0 Å². The van der Waals surface area contributed by atoms with Gasteiger partial charge in [0.2, 0.25) is 0 Å². The van der Waals surface area contributed by atoms with Crippen LogP contribution in [0, 0.1) is 6.92 Å². The molecule has 1 aromatic carbocycles. The number of aliphatic hydroxyl groups is 1. The zero-order valence-corrected chi connectivity index (χ0v) is 11.2. The zero-order valence-electron chi connectivity index (χ0n) is 9.61. The summed E-state index contributed by atoms with van der Waals surface area (Å²) in [6.45, 7) is 2.79. The highest BCUT2D eigenvalue weighted by Gasteiger charge is 2.24. The molecule has 1 saturated heterocycles. The number of rotatable bonds is 1. The molecule has 92 valence electrons.